The van der Waals surface area contributed by atoms with E-state index in [1.165, 1.54) is 19.1 Å². The van der Waals surface area contributed by atoms with Crippen LogP contribution in [0.1, 0.15) is 25.2 Å². The summed E-state index contributed by atoms with van der Waals surface area (Å²) in [7, 11) is 3.06. The van der Waals surface area contributed by atoms with Crippen molar-refractivity contribution in [2.24, 2.45) is 11.8 Å². The highest BCUT2D eigenvalue weighted by Crippen LogP contribution is 2.35. The molecule has 0 N–H and O–H groups in total. The Balaban J connectivity index is 1.29. The van der Waals surface area contributed by atoms with Crippen molar-refractivity contribution in [3.63, 3.8) is 0 Å². The van der Waals surface area contributed by atoms with E-state index in [1.54, 1.807) is 18.2 Å². The third-order valence-corrected chi connectivity index (χ3v) is 5.60. The first kappa shape index (κ1) is 21.5. The fourth-order valence-corrected chi connectivity index (χ4v) is 3.91. The Kier molecular flexibility index (Phi) is 6.20. The van der Waals surface area contributed by atoms with Crippen LogP contribution in [-0.4, -0.2) is 53.6 Å². The van der Waals surface area contributed by atoms with Crippen LogP contribution in [-0.2, 0) is 25.7 Å². The molecule has 0 saturated carbocycles. The lowest BCUT2D eigenvalue weighted by Crippen LogP contribution is -2.33. The van der Waals surface area contributed by atoms with Gasteiger partial charge >= 0.3 is 5.97 Å². The Hall–Kier alpha value is -3.69. The Labute approximate surface area is 184 Å². The molecule has 2 atom stereocenters. The molecular formula is C22H23N3O7. The second kappa shape index (κ2) is 9.21. The Morgan fingerprint density at radius 3 is 2.44 bits per heavy atom. The number of benzene rings is 1. The molecule has 1 aliphatic heterocycles. The van der Waals surface area contributed by atoms with Crippen LogP contribution >= 0.6 is 0 Å². The molecule has 2 amide bonds. The minimum Gasteiger partial charge on any atom is -0.493 e. The largest absolute Gasteiger partial charge is 0.493 e. The van der Waals surface area contributed by atoms with Crippen LogP contribution in [0.4, 0.5) is 0 Å². The SMILES string of the molecule is COc1ccc(-c2noc(COC(=O)CCN3C(=O)[C@@H]4CC=CC[C@H]4C3=O)n2)cc1OC. The Morgan fingerprint density at radius 2 is 1.78 bits per heavy atom. The maximum Gasteiger partial charge on any atom is 0.308 e. The van der Waals surface area contributed by atoms with Gasteiger partial charge in [0, 0.05) is 12.1 Å². The van der Waals surface area contributed by atoms with Gasteiger partial charge in [-0.2, -0.15) is 4.98 Å². The summed E-state index contributed by atoms with van der Waals surface area (Å²) in [4.78, 5) is 42.4. The molecule has 2 aromatic rings. The summed E-state index contributed by atoms with van der Waals surface area (Å²) < 4.78 is 20.8. The lowest BCUT2D eigenvalue weighted by atomic mass is 9.85. The number of ether oxygens (including phenoxy) is 3. The Morgan fingerprint density at radius 1 is 1.09 bits per heavy atom. The van der Waals surface area contributed by atoms with Crippen molar-refractivity contribution < 1.29 is 33.1 Å². The zero-order valence-corrected chi connectivity index (χ0v) is 17.8. The van der Waals surface area contributed by atoms with Gasteiger partial charge in [0.15, 0.2) is 18.1 Å². The van der Waals surface area contributed by atoms with Gasteiger partial charge in [0.2, 0.25) is 17.6 Å². The highest BCUT2D eigenvalue weighted by atomic mass is 16.6. The molecule has 10 nitrogen and oxygen atoms in total. The number of esters is 1. The van der Waals surface area contributed by atoms with Crippen LogP contribution in [0.5, 0.6) is 11.5 Å². The first-order valence-corrected chi connectivity index (χ1v) is 10.2. The van der Waals surface area contributed by atoms with Crippen LogP contribution in [0.3, 0.4) is 0 Å². The van der Waals surface area contributed by atoms with E-state index < -0.39 is 5.97 Å². The van der Waals surface area contributed by atoms with Gasteiger partial charge in [0.25, 0.3) is 5.89 Å². The van der Waals surface area contributed by atoms with Crippen LogP contribution in [0, 0.1) is 11.8 Å². The van der Waals surface area contributed by atoms with E-state index in [4.69, 9.17) is 18.7 Å². The van der Waals surface area contributed by atoms with Crippen LogP contribution in [0.2, 0.25) is 0 Å². The van der Waals surface area contributed by atoms with Crippen molar-refractivity contribution >= 4 is 17.8 Å². The van der Waals surface area contributed by atoms with E-state index in [2.05, 4.69) is 10.1 Å². The van der Waals surface area contributed by atoms with E-state index >= 15 is 0 Å². The van der Waals surface area contributed by atoms with Gasteiger partial charge in [-0.1, -0.05) is 17.3 Å². The molecule has 1 aromatic carbocycles. The molecule has 1 saturated heterocycles. The van der Waals surface area contributed by atoms with Crippen LogP contribution in [0.25, 0.3) is 11.4 Å². The van der Waals surface area contributed by atoms with E-state index in [1.807, 2.05) is 12.2 Å². The number of allylic oxidation sites excluding steroid dienone is 2. The number of rotatable bonds is 8. The fourth-order valence-electron chi connectivity index (χ4n) is 3.91. The minimum atomic E-state index is -0.565. The van der Waals surface area contributed by atoms with Gasteiger partial charge in [-0.15, -0.1) is 0 Å². The number of hydrogen-bond acceptors (Lipinski definition) is 9. The average Bonchev–Trinajstić information content (AvgIpc) is 3.39. The normalized spacial score (nSPS) is 19.8. The second-order valence-electron chi connectivity index (χ2n) is 7.48. The van der Waals surface area contributed by atoms with Crippen molar-refractivity contribution in [1.82, 2.24) is 15.0 Å². The summed E-state index contributed by atoms with van der Waals surface area (Å²) >= 11 is 0. The lowest BCUT2D eigenvalue weighted by molar-refractivity contribution is -0.147. The van der Waals surface area contributed by atoms with E-state index in [0.717, 1.165) is 0 Å². The van der Waals surface area contributed by atoms with Gasteiger partial charge < -0.3 is 18.7 Å². The number of methoxy groups -OCH3 is 2. The van der Waals surface area contributed by atoms with E-state index in [9.17, 15) is 14.4 Å². The fraction of sp³-hybridized carbons (Fsp3) is 0.409. The predicted molar refractivity (Wildman–Crippen MR) is 109 cm³/mol. The van der Waals surface area contributed by atoms with Crippen molar-refractivity contribution in [3.05, 3.63) is 36.2 Å². The molecule has 4 rings (SSSR count). The molecule has 168 valence electrons. The van der Waals surface area contributed by atoms with E-state index in [0.29, 0.717) is 35.7 Å². The number of likely N-dealkylation sites (tertiary alicyclic amines) is 1. The van der Waals surface area contributed by atoms with Crippen molar-refractivity contribution in [2.45, 2.75) is 25.9 Å². The average molecular weight is 441 g/mol. The molecule has 2 aliphatic rings. The van der Waals surface area contributed by atoms with E-state index in [-0.39, 0.29) is 49.1 Å². The van der Waals surface area contributed by atoms with Crippen LogP contribution in [0.15, 0.2) is 34.9 Å². The van der Waals surface area contributed by atoms with Crippen molar-refractivity contribution in [1.29, 1.82) is 0 Å². The molecule has 32 heavy (non-hydrogen) atoms. The predicted octanol–water partition coefficient (Wildman–Crippen LogP) is 2.14. The number of aromatic nitrogens is 2. The smallest absolute Gasteiger partial charge is 0.308 e. The Bertz CT molecular complexity index is 1040. The number of amides is 2. The number of carbonyl (C=O) groups is 3. The number of nitrogens with zero attached hydrogens (tertiary/aromatic N) is 3. The summed E-state index contributed by atoms with van der Waals surface area (Å²) in [5.41, 5.74) is 0.644. The monoisotopic (exact) mass is 441 g/mol. The highest BCUT2D eigenvalue weighted by Gasteiger charge is 2.46. The summed E-state index contributed by atoms with van der Waals surface area (Å²) in [5, 5.41) is 3.89. The summed E-state index contributed by atoms with van der Waals surface area (Å²) in [6.07, 6.45) is 4.88. The van der Waals surface area contributed by atoms with Crippen LogP contribution < -0.4 is 9.47 Å². The molecule has 1 fully saturated rings. The molecular weight excluding hydrogens is 418 g/mol. The van der Waals surface area contributed by atoms with Crippen molar-refractivity contribution in [2.75, 3.05) is 20.8 Å². The zero-order valence-electron chi connectivity index (χ0n) is 17.8. The third-order valence-electron chi connectivity index (χ3n) is 5.60. The first-order chi connectivity index (χ1) is 15.5. The van der Waals surface area contributed by atoms with Gasteiger partial charge in [-0.25, -0.2) is 0 Å². The number of hydrogen-bond donors (Lipinski definition) is 0. The first-order valence-electron chi connectivity index (χ1n) is 10.2. The lowest BCUT2D eigenvalue weighted by Gasteiger charge is -2.14. The number of imide groups is 1. The number of fused-ring (bicyclic) bond motifs is 1. The molecule has 1 aromatic heterocycles. The van der Waals surface area contributed by atoms with Gasteiger partial charge in [0.05, 0.1) is 32.5 Å². The molecule has 0 bridgehead atoms. The standard InChI is InChI=1S/C22H23N3O7/c1-29-16-8-7-13(11-17(16)30-2)20-23-18(32-24-20)12-31-19(26)9-10-25-21(27)14-5-3-4-6-15(14)22(25)28/h3-4,7-8,11,14-15H,5-6,9-10,12H2,1-2H3/t14-,15-/m1/s1. The molecule has 2 heterocycles. The molecule has 1 aliphatic carbocycles. The van der Waals surface area contributed by atoms with Crippen molar-refractivity contribution in [3.8, 4) is 22.9 Å². The van der Waals surface area contributed by atoms with Gasteiger partial charge in [-0.05, 0) is 31.0 Å². The molecule has 10 heteroatoms. The second-order valence-corrected chi connectivity index (χ2v) is 7.48. The van der Waals surface area contributed by atoms with Gasteiger partial charge in [0.1, 0.15) is 0 Å². The zero-order chi connectivity index (χ0) is 22.7. The highest BCUT2D eigenvalue weighted by molar-refractivity contribution is 6.05. The molecule has 0 spiro atoms. The third kappa shape index (κ3) is 4.20. The summed E-state index contributed by atoms with van der Waals surface area (Å²) in [5.74, 6) is -0.0978. The molecule has 0 radical (unpaired) electrons. The minimum absolute atomic E-state index is 0.00419. The summed E-state index contributed by atoms with van der Waals surface area (Å²) in [6.45, 7) is -0.208. The maximum atomic E-state index is 12.4. The quantitative estimate of drug-likeness (QED) is 0.344. The maximum absolute atomic E-state index is 12.4. The number of carbonyl (C=O) groups excluding carboxylic acids is 3. The van der Waals surface area contributed by atoms with Gasteiger partial charge in [-0.3, -0.25) is 19.3 Å². The topological polar surface area (TPSA) is 121 Å². The summed E-state index contributed by atoms with van der Waals surface area (Å²) in [6, 6.07) is 5.17. The molecule has 0 unspecified atom stereocenters.